The van der Waals surface area contributed by atoms with Gasteiger partial charge in [0.05, 0.1) is 21.6 Å². The van der Waals surface area contributed by atoms with Crippen LogP contribution in [0.4, 0.5) is 0 Å². The van der Waals surface area contributed by atoms with Gasteiger partial charge < -0.3 is 14.2 Å². The van der Waals surface area contributed by atoms with E-state index in [-0.39, 0.29) is 24.1 Å². The molecule has 0 saturated heterocycles. The van der Waals surface area contributed by atoms with Gasteiger partial charge >= 0.3 is 0 Å². The Labute approximate surface area is 143 Å². The Morgan fingerprint density at radius 2 is 2.21 bits per heavy atom. The minimum absolute atomic E-state index is 0.0584. The maximum atomic E-state index is 13.2. The molecule has 6 heteroatoms. The van der Waals surface area contributed by atoms with Crippen molar-refractivity contribution in [2.45, 2.75) is 38.6 Å². The van der Waals surface area contributed by atoms with Gasteiger partial charge in [0.1, 0.15) is 5.39 Å². The fraction of sp³-hybridized carbons (Fsp3) is 0.444. The zero-order chi connectivity index (χ0) is 16.8. The Bertz CT molecular complexity index is 976. The number of fused-ring (bicyclic) bond motifs is 3. The van der Waals surface area contributed by atoms with Crippen LogP contribution in [0, 0.1) is 12.8 Å². The highest BCUT2D eigenvalue weighted by Gasteiger charge is 2.27. The number of benzene rings is 1. The fourth-order valence-corrected chi connectivity index (χ4v) is 4.24. The molecule has 1 N–H and O–H groups in total. The summed E-state index contributed by atoms with van der Waals surface area (Å²) in [6, 6.07) is 5.61. The van der Waals surface area contributed by atoms with Crippen molar-refractivity contribution in [3.05, 3.63) is 39.3 Å². The third kappa shape index (κ3) is 2.26. The van der Waals surface area contributed by atoms with E-state index in [0.29, 0.717) is 21.7 Å². The molecule has 4 rings (SSSR count). The van der Waals surface area contributed by atoms with Crippen LogP contribution in [0.2, 0.25) is 5.02 Å². The van der Waals surface area contributed by atoms with Gasteiger partial charge in [0.15, 0.2) is 5.58 Å². The predicted octanol–water partition coefficient (Wildman–Crippen LogP) is 3.83. The van der Waals surface area contributed by atoms with Crippen LogP contribution >= 0.6 is 11.6 Å². The maximum absolute atomic E-state index is 13.2. The Hall–Kier alpha value is -1.85. The van der Waals surface area contributed by atoms with Crippen LogP contribution in [0.1, 0.15) is 37.4 Å². The Morgan fingerprint density at radius 1 is 1.38 bits per heavy atom. The van der Waals surface area contributed by atoms with Crippen LogP contribution in [-0.2, 0) is 0 Å². The third-order valence-electron chi connectivity index (χ3n) is 5.15. The Morgan fingerprint density at radius 3 is 3.00 bits per heavy atom. The Kier molecular flexibility index (Phi) is 3.85. The summed E-state index contributed by atoms with van der Waals surface area (Å²) in [5.74, 6) is 0.240. The third-order valence-corrected chi connectivity index (χ3v) is 5.47. The van der Waals surface area contributed by atoms with Crippen LogP contribution in [-0.4, -0.2) is 21.4 Å². The second-order valence-electron chi connectivity index (χ2n) is 6.65. The molecular weight excluding hydrogens is 328 g/mol. The number of hydrogen-bond donors (Lipinski definition) is 1. The fourth-order valence-electron chi connectivity index (χ4n) is 3.99. The molecule has 126 valence electrons. The van der Waals surface area contributed by atoms with E-state index in [0.717, 1.165) is 36.6 Å². The van der Waals surface area contributed by atoms with E-state index >= 15 is 0 Å². The molecule has 5 nitrogen and oxygen atoms in total. The van der Waals surface area contributed by atoms with Gasteiger partial charge in [0.25, 0.3) is 5.56 Å². The van der Waals surface area contributed by atoms with E-state index < -0.39 is 0 Å². The molecule has 0 unspecified atom stereocenters. The van der Waals surface area contributed by atoms with E-state index in [1.165, 1.54) is 0 Å². The lowest BCUT2D eigenvalue weighted by atomic mass is 9.85. The lowest BCUT2D eigenvalue weighted by Crippen LogP contribution is -2.30. The summed E-state index contributed by atoms with van der Waals surface area (Å²) in [6.07, 6.45) is 3.74. The highest BCUT2D eigenvalue weighted by Crippen LogP contribution is 2.37. The topological polar surface area (TPSA) is 68.3 Å². The van der Waals surface area contributed by atoms with Crippen molar-refractivity contribution in [1.29, 1.82) is 0 Å². The molecular formula is C18H19ClN2O3. The summed E-state index contributed by atoms with van der Waals surface area (Å²) in [5, 5.41) is 15.3. The number of aromatic nitrogens is 2. The van der Waals surface area contributed by atoms with Crippen LogP contribution < -0.4 is 5.56 Å². The highest BCUT2D eigenvalue weighted by atomic mass is 35.5. The van der Waals surface area contributed by atoms with Gasteiger partial charge in [-0.2, -0.15) is 0 Å². The molecule has 1 aliphatic rings. The maximum Gasteiger partial charge on any atom is 0.264 e. The number of nitrogens with zero attached hydrogens (tertiary/aromatic N) is 2. The summed E-state index contributed by atoms with van der Waals surface area (Å²) in [5.41, 5.74) is 1.74. The molecule has 0 bridgehead atoms. The van der Waals surface area contributed by atoms with Crippen molar-refractivity contribution in [1.82, 2.24) is 9.72 Å². The molecule has 1 aromatic carbocycles. The van der Waals surface area contributed by atoms with Gasteiger partial charge in [-0.15, -0.1) is 0 Å². The number of pyridine rings is 1. The van der Waals surface area contributed by atoms with Crippen LogP contribution in [0.15, 0.2) is 27.5 Å². The lowest BCUT2D eigenvalue weighted by Gasteiger charge is -2.30. The first-order valence-electron chi connectivity index (χ1n) is 8.31. The quantitative estimate of drug-likeness (QED) is 0.765. The minimum Gasteiger partial charge on any atom is -0.396 e. The van der Waals surface area contributed by atoms with E-state index in [4.69, 9.17) is 16.1 Å². The second kappa shape index (κ2) is 5.90. The SMILES string of the molecule is Cc1noc2c1c(=O)n([C@H]1CCC[C@@H](CO)C1)c1cccc(Cl)c21. The number of halogens is 1. The van der Waals surface area contributed by atoms with Gasteiger partial charge in [-0.1, -0.05) is 29.2 Å². The molecule has 0 amide bonds. The largest absolute Gasteiger partial charge is 0.396 e. The zero-order valence-corrected chi connectivity index (χ0v) is 14.2. The summed E-state index contributed by atoms with van der Waals surface area (Å²) >= 11 is 6.42. The average molecular weight is 347 g/mol. The van der Waals surface area contributed by atoms with Gasteiger partial charge in [-0.3, -0.25) is 4.79 Å². The first-order chi connectivity index (χ1) is 11.6. The molecule has 1 aliphatic carbocycles. The normalized spacial score (nSPS) is 21.6. The van der Waals surface area contributed by atoms with E-state index in [2.05, 4.69) is 5.16 Å². The molecule has 3 aromatic rings. The van der Waals surface area contributed by atoms with Crippen LogP contribution in [0.3, 0.4) is 0 Å². The average Bonchev–Trinajstić information content (AvgIpc) is 2.97. The van der Waals surface area contributed by atoms with Crippen molar-refractivity contribution in [2.24, 2.45) is 5.92 Å². The van der Waals surface area contributed by atoms with Crippen LogP contribution in [0.5, 0.6) is 0 Å². The zero-order valence-electron chi connectivity index (χ0n) is 13.5. The van der Waals surface area contributed by atoms with E-state index in [1.807, 2.05) is 16.7 Å². The monoisotopic (exact) mass is 346 g/mol. The number of rotatable bonds is 2. The number of aryl methyl sites for hydroxylation is 1. The molecule has 2 heterocycles. The summed E-state index contributed by atoms with van der Waals surface area (Å²) in [6.45, 7) is 1.94. The van der Waals surface area contributed by atoms with Crippen molar-refractivity contribution in [2.75, 3.05) is 6.61 Å². The van der Waals surface area contributed by atoms with Crippen molar-refractivity contribution < 1.29 is 9.63 Å². The van der Waals surface area contributed by atoms with Gasteiger partial charge in [-0.25, -0.2) is 0 Å². The molecule has 1 fully saturated rings. The van der Waals surface area contributed by atoms with Crippen LogP contribution in [0.25, 0.3) is 21.9 Å². The predicted molar refractivity (Wildman–Crippen MR) is 93.6 cm³/mol. The number of aliphatic hydroxyl groups excluding tert-OH is 1. The first-order valence-corrected chi connectivity index (χ1v) is 8.69. The lowest BCUT2D eigenvalue weighted by molar-refractivity contribution is 0.163. The van der Waals surface area contributed by atoms with Crippen molar-refractivity contribution in [3.8, 4) is 0 Å². The summed E-state index contributed by atoms with van der Waals surface area (Å²) < 4.78 is 7.26. The standard InChI is InChI=1S/C18H19ClN2O3/c1-10-15-17(24-20-10)16-13(19)6-3-7-14(16)21(18(15)23)12-5-2-4-11(8-12)9-22/h3,6-7,11-12,22H,2,4-5,8-9H2,1H3/t11-,12+/m1/s1. The first kappa shape index (κ1) is 15.7. The van der Waals surface area contributed by atoms with Crippen molar-refractivity contribution in [3.63, 3.8) is 0 Å². The summed E-state index contributed by atoms with van der Waals surface area (Å²) in [4.78, 5) is 13.2. The smallest absolute Gasteiger partial charge is 0.264 e. The van der Waals surface area contributed by atoms with Gasteiger partial charge in [0.2, 0.25) is 0 Å². The minimum atomic E-state index is -0.0814. The molecule has 2 aromatic heterocycles. The molecule has 1 saturated carbocycles. The number of aliphatic hydroxyl groups is 1. The highest BCUT2D eigenvalue weighted by molar-refractivity contribution is 6.37. The Balaban J connectivity index is 2.06. The van der Waals surface area contributed by atoms with E-state index in [1.54, 1.807) is 13.0 Å². The molecule has 0 radical (unpaired) electrons. The number of hydrogen-bond acceptors (Lipinski definition) is 4. The van der Waals surface area contributed by atoms with Crippen molar-refractivity contribution >= 4 is 33.5 Å². The van der Waals surface area contributed by atoms with Gasteiger partial charge in [0, 0.05) is 12.6 Å². The molecule has 0 aliphatic heterocycles. The molecule has 0 spiro atoms. The van der Waals surface area contributed by atoms with Gasteiger partial charge in [-0.05, 0) is 44.2 Å². The molecule has 2 atom stereocenters. The van der Waals surface area contributed by atoms with E-state index in [9.17, 15) is 9.90 Å². The second-order valence-corrected chi connectivity index (χ2v) is 7.06. The summed E-state index contributed by atoms with van der Waals surface area (Å²) in [7, 11) is 0. The molecule has 24 heavy (non-hydrogen) atoms.